The quantitative estimate of drug-likeness (QED) is 0.694. The maximum Gasteiger partial charge on any atom is -0.00160 e. The van der Waals surface area contributed by atoms with E-state index in [1.165, 1.54) is 45.3 Å². The Morgan fingerprint density at radius 3 is 2.19 bits per heavy atom. The molecule has 1 aliphatic rings. The number of rotatable bonds is 4. The topological polar surface area (TPSA) is 3.24 Å². The van der Waals surface area contributed by atoms with E-state index in [1.54, 1.807) is 0 Å². The van der Waals surface area contributed by atoms with Gasteiger partial charge < -0.3 is 4.90 Å². The van der Waals surface area contributed by atoms with Gasteiger partial charge in [0.25, 0.3) is 0 Å². The van der Waals surface area contributed by atoms with Crippen molar-refractivity contribution in [1.29, 1.82) is 0 Å². The molecule has 1 rings (SSSR count). The zero-order chi connectivity index (χ0) is 12.2. The fourth-order valence-corrected chi connectivity index (χ4v) is 2.77. The molecule has 1 saturated heterocycles. The Labute approximate surface area is 103 Å². The van der Waals surface area contributed by atoms with Gasteiger partial charge in [-0.1, -0.05) is 41.0 Å². The fourth-order valence-electron chi connectivity index (χ4n) is 2.77. The van der Waals surface area contributed by atoms with Crippen molar-refractivity contribution in [3.8, 4) is 0 Å². The molecule has 0 amide bonds. The summed E-state index contributed by atoms with van der Waals surface area (Å²) in [7, 11) is 0. The van der Waals surface area contributed by atoms with Crippen LogP contribution in [-0.4, -0.2) is 24.5 Å². The van der Waals surface area contributed by atoms with Crippen molar-refractivity contribution in [3.05, 3.63) is 0 Å². The molecule has 0 saturated carbocycles. The average molecular weight is 225 g/mol. The van der Waals surface area contributed by atoms with Crippen LogP contribution in [0.4, 0.5) is 0 Å². The molecule has 0 aromatic heterocycles. The van der Waals surface area contributed by atoms with Gasteiger partial charge in [-0.05, 0) is 56.1 Å². The Morgan fingerprint density at radius 2 is 1.75 bits per heavy atom. The van der Waals surface area contributed by atoms with Crippen molar-refractivity contribution in [3.63, 3.8) is 0 Å². The first-order valence-corrected chi connectivity index (χ1v) is 7.17. The van der Waals surface area contributed by atoms with E-state index in [9.17, 15) is 0 Å². The first-order chi connectivity index (χ1) is 7.45. The molecule has 1 heteroatoms. The van der Waals surface area contributed by atoms with Crippen molar-refractivity contribution in [2.24, 2.45) is 17.3 Å². The zero-order valence-electron chi connectivity index (χ0n) is 12.1. The average Bonchev–Trinajstić information content (AvgIpc) is 2.25. The summed E-state index contributed by atoms with van der Waals surface area (Å²) in [6.07, 6.45) is 5.54. The molecule has 16 heavy (non-hydrogen) atoms. The van der Waals surface area contributed by atoms with Gasteiger partial charge in [-0.3, -0.25) is 0 Å². The summed E-state index contributed by atoms with van der Waals surface area (Å²) >= 11 is 0. The van der Waals surface area contributed by atoms with Crippen LogP contribution in [0.2, 0.25) is 0 Å². The van der Waals surface area contributed by atoms with E-state index in [0.29, 0.717) is 5.41 Å². The summed E-state index contributed by atoms with van der Waals surface area (Å²) < 4.78 is 0. The van der Waals surface area contributed by atoms with Gasteiger partial charge in [0, 0.05) is 0 Å². The molecule has 1 atom stereocenters. The molecular formula is C15H31N. The van der Waals surface area contributed by atoms with Crippen LogP contribution >= 0.6 is 0 Å². The monoisotopic (exact) mass is 225 g/mol. The summed E-state index contributed by atoms with van der Waals surface area (Å²) in [6.45, 7) is 15.9. The van der Waals surface area contributed by atoms with E-state index in [-0.39, 0.29) is 0 Å². The maximum atomic E-state index is 2.66. The highest BCUT2D eigenvalue weighted by Crippen LogP contribution is 2.36. The predicted octanol–water partition coefficient (Wildman–Crippen LogP) is 4.18. The minimum Gasteiger partial charge on any atom is -0.303 e. The predicted molar refractivity (Wildman–Crippen MR) is 72.7 cm³/mol. The third-order valence-corrected chi connectivity index (χ3v) is 4.53. The SMILES string of the molecule is CCCCN1CCC([C@@H](C)C(C)(C)C)CC1. The van der Waals surface area contributed by atoms with Gasteiger partial charge in [0.15, 0.2) is 0 Å². The lowest BCUT2D eigenvalue weighted by Gasteiger charge is -2.40. The van der Waals surface area contributed by atoms with Crippen LogP contribution in [0.1, 0.15) is 60.3 Å². The van der Waals surface area contributed by atoms with Crippen molar-refractivity contribution in [2.45, 2.75) is 60.3 Å². The standard InChI is InChI=1S/C15H31N/c1-6-7-10-16-11-8-14(9-12-16)13(2)15(3,4)5/h13-14H,6-12H2,1-5H3/t13-/m1/s1. The van der Waals surface area contributed by atoms with Crippen LogP contribution in [0.15, 0.2) is 0 Å². The summed E-state index contributed by atoms with van der Waals surface area (Å²) in [4.78, 5) is 2.66. The van der Waals surface area contributed by atoms with Gasteiger partial charge in [-0.2, -0.15) is 0 Å². The molecule has 0 aromatic rings. The van der Waals surface area contributed by atoms with Gasteiger partial charge in [0.1, 0.15) is 0 Å². The highest BCUT2D eigenvalue weighted by molar-refractivity contribution is 4.81. The minimum absolute atomic E-state index is 0.482. The normalized spacial score (nSPS) is 22.3. The van der Waals surface area contributed by atoms with Crippen molar-refractivity contribution in [2.75, 3.05) is 19.6 Å². The van der Waals surface area contributed by atoms with Crippen LogP contribution in [0.3, 0.4) is 0 Å². The van der Waals surface area contributed by atoms with E-state index in [0.717, 1.165) is 11.8 Å². The highest BCUT2D eigenvalue weighted by atomic mass is 15.1. The van der Waals surface area contributed by atoms with Crippen LogP contribution in [0, 0.1) is 17.3 Å². The second kappa shape index (κ2) is 6.05. The van der Waals surface area contributed by atoms with E-state index in [4.69, 9.17) is 0 Å². The van der Waals surface area contributed by atoms with E-state index in [1.807, 2.05) is 0 Å². The van der Waals surface area contributed by atoms with Crippen molar-refractivity contribution in [1.82, 2.24) is 4.90 Å². The summed E-state index contributed by atoms with van der Waals surface area (Å²) in [5.74, 6) is 1.82. The number of likely N-dealkylation sites (tertiary alicyclic amines) is 1. The van der Waals surface area contributed by atoms with Crippen LogP contribution in [0.25, 0.3) is 0 Å². The van der Waals surface area contributed by atoms with Crippen LogP contribution in [-0.2, 0) is 0 Å². The molecule has 0 radical (unpaired) electrons. The molecule has 0 aromatic carbocycles. The molecule has 96 valence electrons. The molecule has 0 aliphatic carbocycles. The number of hydrogen-bond acceptors (Lipinski definition) is 1. The number of piperidine rings is 1. The van der Waals surface area contributed by atoms with Gasteiger partial charge in [-0.25, -0.2) is 0 Å². The van der Waals surface area contributed by atoms with E-state index < -0.39 is 0 Å². The Hall–Kier alpha value is -0.0400. The fraction of sp³-hybridized carbons (Fsp3) is 1.00. The van der Waals surface area contributed by atoms with Crippen molar-refractivity contribution >= 4 is 0 Å². The zero-order valence-corrected chi connectivity index (χ0v) is 12.1. The third kappa shape index (κ3) is 4.08. The largest absolute Gasteiger partial charge is 0.303 e. The lowest BCUT2D eigenvalue weighted by Crippen LogP contribution is -2.38. The Balaban J connectivity index is 2.31. The Kier molecular flexibility index (Phi) is 5.30. The van der Waals surface area contributed by atoms with Gasteiger partial charge in [0.05, 0.1) is 0 Å². The molecule has 0 spiro atoms. The molecule has 0 bridgehead atoms. The van der Waals surface area contributed by atoms with Crippen LogP contribution in [0.5, 0.6) is 0 Å². The second-order valence-electron chi connectivity index (χ2n) is 6.69. The first-order valence-electron chi connectivity index (χ1n) is 7.17. The van der Waals surface area contributed by atoms with Gasteiger partial charge in [-0.15, -0.1) is 0 Å². The number of unbranched alkanes of at least 4 members (excludes halogenated alkanes) is 1. The Morgan fingerprint density at radius 1 is 1.19 bits per heavy atom. The molecule has 1 fully saturated rings. The molecule has 0 unspecified atom stereocenters. The smallest absolute Gasteiger partial charge is 0.00160 e. The summed E-state index contributed by atoms with van der Waals surface area (Å²) in [5.41, 5.74) is 0.482. The molecule has 1 nitrogen and oxygen atoms in total. The molecule has 1 heterocycles. The third-order valence-electron chi connectivity index (χ3n) is 4.53. The summed E-state index contributed by atoms with van der Waals surface area (Å²) in [6, 6.07) is 0. The number of hydrogen-bond donors (Lipinski definition) is 0. The lowest BCUT2D eigenvalue weighted by molar-refractivity contribution is 0.0969. The van der Waals surface area contributed by atoms with Crippen LogP contribution < -0.4 is 0 Å². The lowest BCUT2D eigenvalue weighted by atomic mass is 9.71. The van der Waals surface area contributed by atoms with Crippen molar-refractivity contribution < 1.29 is 0 Å². The van der Waals surface area contributed by atoms with Gasteiger partial charge >= 0.3 is 0 Å². The van der Waals surface area contributed by atoms with Gasteiger partial charge in [0.2, 0.25) is 0 Å². The van der Waals surface area contributed by atoms with E-state index in [2.05, 4.69) is 39.5 Å². The summed E-state index contributed by atoms with van der Waals surface area (Å²) in [5, 5.41) is 0. The molecule has 1 aliphatic heterocycles. The second-order valence-corrected chi connectivity index (χ2v) is 6.69. The maximum absolute atomic E-state index is 2.66. The highest BCUT2D eigenvalue weighted by Gasteiger charge is 2.30. The molecular weight excluding hydrogens is 194 g/mol. The molecule has 0 N–H and O–H groups in total. The van der Waals surface area contributed by atoms with E-state index >= 15 is 0 Å². The Bertz CT molecular complexity index is 184. The first kappa shape index (κ1) is 14.0. The number of nitrogens with zero attached hydrogens (tertiary/aromatic N) is 1. The minimum atomic E-state index is 0.482.